The average molecular weight is 433 g/mol. The van der Waals surface area contributed by atoms with Crippen LogP contribution in [0.1, 0.15) is 35.8 Å². The van der Waals surface area contributed by atoms with Gasteiger partial charge in [-0.2, -0.15) is 5.10 Å². The third-order valence-electron chi connectivity index (χ3n) is 5.92. The minimum atomic E-state index is -0.0681. The molecule has 2 aromatic rings. The van der Waals surface area contributed by atoms with Gasteiger partial charge in [-0.25, -0.2) is 0 Å². The number of hydrogen-bond donors (Lipinski definition) is 2. The van der Waals surface area contributed by atoms with Gasteiger partial charge in [0.05, 0.1) is 6.04 Å². The first-order valence-corrected chi connectivity index (χ1v) is 10.9. The van der Waals surface area contributed by atoms with E-state index in [1.807, 2.05) is 16.9 Å². The van der Waals surface area contributed by atoms with E-state index in [9.17, 15) is 4.79 Å². The van der Waals surface area contributed by atoms with Crippen molar-refractivity contribution in [1.29, 1.82) is 0 Å². The number of carbonyl (C=O) groups is 1. The van der Waals surface area contributed by atoms with E-state index >= 15 is 0 Å². The molecule has 1 atom stereocenters. The highest BCUT2D eigenvalue weighted by Gasteiger charge is 2.18. The lowest BCUT2D eigenvalue weighted by Crippen LogP contribution is -2.47. The number of nitrogens with one attached hydrogen (secondary N) is 2. The van der Waals surface area contributed by atoms with Crippen LogP contribution in [0.25, 0.3) is 0 Å². The highest BCUT2D eigenvalue weighted by molar-refractivity contribution is 5.92. The van der Waals surface area contributed by atoms with E-state index in [4.69, 9.17) is 0 Å². The molecule has 30 heavy (non-hydrogen) atoms. The zero-order valence-corrected chi connectivity index (χ0v) is 18.3. The predicted molar refractivity (Wildman–Crippen MR) is 123 cm³/mol. The van der Waals surface area contributed by atoms with E-state index in [2.05, 4.69) is 55.9 Å². The molecule has 3 heterocycles. The Morgan fingerprint density at radius 3 is 2.67 bits per heavy atom. The number of piperidine rings is 1. The van der Waals surface area contributed by atoms with Crippen LogP contribution in [0.3, 0.4) is 0 Å². The van der Waals surface area contributed by atoms with Gasteiger partial charge in [0.25, 0.3) is 5.91 Å². The summed E-state index contributed by atoms with van der Waals surface area (Å²) < 4.78 is 1.94. The molecule has 2 aliphatic heterocycles. The molecule has 1 amide bonds. The van der Waals surface area contributed by atoms with Gasteiger partial charge >= 0.3 is 0 Å². The number of aromatic nitrogens is 2. The molecule has 4 rings (SSSR count). The SMILES string of the molecule is Cl.O=C(NCCCN1CCN(c2ccccc2)CC1)c1ccn(C2CCCNC2)n1. The summed E-state index contributed by atoms with van der Waals surface area (Å²) in [5, 5.41) is 10.9. The Morgan fingerprint density at radius 1 is 1.13 bits per heavy atom. The molecule has 2 aliphatic rings. The molecule has 164 valence electrons. The Balaban J connectivity index is 0.00000256. The fourth-order valence-electron chi connectivity index (χ4n) is 4.19. The van der Waals surface area contributed by atoms with Gasteiger partial charge in [0, 0.05) is 51.2 Å². The molecule has 0 aliphatic carbocycles. The van der Waals surface area contributed by atoms with Crippen molar-refractivity contribution in [2.75, 3.05) is 57.3 Å². The molecular weight excluding hydrogens is 400 g/mol. The molecule has 0 radical (unpaired) electrons. The molecule has 0 saturated carbocycles. The van der Waals surface area contributed by atoms with Crippen molar-refractivity contribution >= 4 is 24.0 Å². The first kappa shape index (κ1) is 22.6. The summed E-state index contributed by atoms with van der Waals surface area (Å²) >= 11 is 0. The largest absolute Gasteiger partial charge is 0.369 e. The summed E-state index contributed by atoms with van der Waals surface area (Å²) in [6.45, 7) is 7.98. The Kier molecular flexibility index (Phi) is 8.54. The molecule has 2 saturated heterocycles. The number of piperazine rings is 1. The zero-order chi connectivity index (χ0) is 19.9. The van der Waals surface area contributed by atoms with Crippen molar-refractivity contribution < 1.29 is 4.79 Å². The van der Waals surface area contributed by atoms with Crippen LogP contribution in [0.15, 0.2) is 42.6 Å². The van der Waals surface area contributed by atoms with E-state index in [-0.39, 0.29) is 18.3 Å². The standard InChI is InChI=1S/C22H32N6O.ClH/c29-22(21-9-13-28(25-21)20-8-4-10-23-18-20)24-11-5-12-26-14-16-27(17-15-26)19-6-2-1-3-7-19;/h1-3,6-7,9,13,20,23H,4-5,8,10-12,14-18H2,(H,24,29);1H. The van der Waals surface area contributed by atoms with Crippen molar-refractivity contribution in [3.63, 3.8) is 0 Å². The number of amides is 1. The maximum Gasteiger partial charge on any atom is 0.271 e. The molecule has 0 spiro atoms. The van der Waals surface area contributed by atoms with E-state index in [1.54, 1.807) is 0 Å². The van der Waals surface area contributed by atoms with Crippen LogP contribution >= 0.6 is 12.4 Å². The highest BCUT2D eigenvalue weighted by Crippen LogP contribution is 2.16. The fourth-order valence-corrected chi connectivity index (χ4v) is 4.19. The zero-order valence-electron chi connectivity index (χ0n) is 17.5. The van der Waals surface area contributed by atoms with E-state index < -0.39 is 0 Å². The van der Waals surface area contributed by atoms with Crippen molar-refractivity contribution in [2.45, 2.75) is 25.3 Å². The number of benzene rings is 1. The van der Waals surface area contributed by atoms with Crippen molar-refractivity contribution in [1.82, 2.24) is 25.3 Å². The number of rotatable bonds is 7. The van der Waals surface area contributed by atoms with Gasteiger partial charge in [-0.05, 0) is 50.6 Å². The number of carbonyl (C=O) groups excluding carboxylic acids is 1. The number of para-hydroxylation sites is 1. The number of nitrogens with zero attached hydrogens (tertiary/aromatic N) is 4. The molecule has 1 aromatic heterocycles. The number of hydrogen-bond acceptors (Lipinski definition) is 5. The van der Waals surface area contributed by atoms with Crippen molar-refractivity contribution in [2.24, 2.45) is 0 Å². The minimum Gasteiger partial charge on any atom is -0.369 e. The Morgan fingerprint density at radius 2 is 1.93 bits per heavy atom. The maximum atomic E-state index is 12.4. The third kappa shape index (κ3) is 5.97. The molecule has 1 aromatic carbocycles. The first-order chi connectivity index (χ1) is 14.3. The second kappa shape index (κ2) is 11.3. The monoisotopic (exact) mass is 432 g/mol. The second-order valence-corrected chi connectivity index (χ2v) is 7.95. The van der Waals surface area contributed by atoms with Crippen molar-refractivity contribution in [3.8, 4) is 0 Å². The Bertz CT molecular complexity index is 769. The van der Waals surface area contributed by atoms with Crippen molar-refractivity contribution in [3.05, 3.63) is 48.3 Å². The topological polar surface area (TPSA) is 65.4 Å². The predicted octanol–water partition coefficient (Wildman–Crippen LogP) is 2.17. The minimum absolute atomic E-state index is 0. The first-order valence-electron chi connectivity index (χ1n) is 10.9. The van der Waals surface area contributed by atoms with Crippen LogP contribution < -0.4 is 15.5 Å². The molecule has 2 N–H and O–H groups in total. The van der Waals surface area contributed by atoms with Gasteiger partial charge in [0.15, 0.2) is 0 Å². The summed E-state index contributed by atoms with van der Waals surface area (Å²) in [5.74, 6) is -0.0681. The number of anilines is 1. The summed E-state index contributed by atoms with van der Waals surface area (Å²) in [5.41, 5.74) is 1.83. The number of halogens is 1. The average Bonchev–Trinajstić information content (AvgIpc) is 3.29. The van der Waals surface area contributed by atoms with Gasteiger partial charge in [-0.1, -0.05) is 18.2 Å². The lowest BCUT2D eigenvalue weighted by atomic mass is 10.1. The van der Waals surface area contributed by atoms with Crippen LogP contribution in [0.2, 0.25) is 0 Å². The van der Waals surface area contributed by atoms with Gasteiger partial charge in [0.2, 0.25) is 0 Å². The van der Waals surface area contributed by atoms with Crippen LogP contribution in [-0.4, -0.2) is 72.9 Å². The summed E-state index contributed by atoms with van der Waals surface area (Å²) in [6.07, 6.45) is 5.17. The molecule has 7 nitrogen and oxygen atoms in total. The van der Waals surface area contributed by atoms with E-state index in [0.29, 0.717) is 18.3 Å². The lowest BCUT2D eigenvalue weighted by Gasteiger charge is -2.36. The van der Waals surface area contributed by atoms with Gasteiger partial charge in [0.1, 0.15) is 5.69 Å². The van der Waals surface area contributed by atoms with E-state index in [0.717, 1.165) is 65.1 Å². The van der Waals surface area contributed by atoms with Crippen LogP contribution in [0.5, 0.6) is 0 Å². The van der Waals surface area contributed by atoms with Crippen LogP contribution in [-0.2, 0) is 0 Å². The molecule has 8 heteroatoms. The molecule has 1 unspecified atom stereocenters. The van der Waals surface area contributed by atoms with Gasteiger partial charge in [-0.15, -0.1) is 12.4 Å². The van der Waals surface area contributed by atoms with Gasteiger partial charge in [-0.3, -0.25) is 14.4 Å². The van der Waals surface area contributed by atoms with Crippen LogP contribution in [0.4, 0.5) is 5.69 Å². The maximum absolute atomic E-state index is 12.4. The van der Waals surface area contributed by atoms with Crippen LogP contribution in [0, 0.1) is 0 Å². The Labute approximate surface area is 185 Å². The second-order valence-electron chi connectivity index (χ2n) is 7.95. The normalized spacial score (nSPS) is 19.9. The third-order valence-corrected chi connectivity index (χ3v) is 5.92. The summed E-state index contributed by atoms with van der Waals surface area (Å²) in [6, 6.07) is 12.8. The van der Waals surface area contributed by atoms with Gasteiger partial charge < -0.3 is 15.5 Å². The molecule has 2 fully saturated rings. The quantitative estimate of drug-likeness (QED) is 0.656. The molecule has 0 bridgehead atoms. The highest BCUT2D eigenvalue weighted by atomic mass is 35.5. The lowest BCUT2D eigenvalue weighted by molar-refractivity contribution is 0.0945. The smallest absolute Gasteiger partial charge is 0.271 e. The van der Waals surface area contributed by atoms with E-state index in [1.165, 1.54) is 5.69 Å². The summed E-state index contributed by atoms with van der Waals surface area (Å²) in [4.78, 5) is 17.3. The summed E-state index contributed by atoms with van der Waals surface area (Å²) in [7, 11) is 0. The Hall–Kier alpha value is -2.09. The molecular formula is C22H33ClN6O. The fraction of sp³-hybridized carbons (Fsp3) is 0.545.